The fourth-order valence-electron chi connectivity index (χ4n) is 2.90. The number of carbonyl (C=O) groups excluding carboxylic acids is 1. The van der Waals surface area contributed by atoms with Gasteiger partial charge < -0.3 is 15.4 Å². The van der Waals surface area contributed by atoms with E-state index in [9.17, 15) is 4.79 Å². The van der Waals surface area contributed by atoms with Gasteiger partial charge in [-0.3, -0.25) is 9.69 Å². The van der Waals surface area contributed by atoms with E-state index in [4.69, 9.17) is 4.74 Å². The summed E-state index contributed by atoms with van der Waals surface area (Å²) in [6, 6.07) is 10.5. The van der Waals surface area contributed by atoms with E-state index in [1.807, 2.05) is 32.2 Å². The van der Waals surface area contributed by atoms with Crippen molar-refractivity contribution in [3.05, 3.63) is 35.9 Å². The minimum Gasteiger partial charge on any atom is -0.379 e. The number of hydrogen-bond acceptors (Lipinski definition) is 4. The number of halogens is 2. The van der Waals surface area contributed by atoms with Crippen molar-refractivity contribution < 1.29 is 9.53 Å². The molecule has 7 heteroatoms. The maximum atomic E-state index is 12.4. The monoisotopic (exact) mass is 391 g/mol. The van der Waals surface area contributed by atoms with Gasteiger partial charge in [-0.25, -0.2) is 0 Å². The molecule has 5 nitrogen and oxygen atoms in total. The van der Waals surface area contributed by atoms with Crippen molar-refractivity contribution in [1.29, 1.82) is 0 Å². The summed E-state index contributed by atoms with van der Waals surface area (Å²) in [6.45, 7) is 6.96. The van der Waals surface area contributed by atoms with Crippen molar-refractivity contribution in [1.82, 2.24) is 15.5 Å². The molecule has 2 unspecified atom stereocenters. The molecule has 0 aromatic heterocycles. The molecule has 1 fully saturated rings. The zero-order valence-electron chi connectivity index (χ0n) is 15.1. The third-order valence-electron chi connectivity index (χ3n) is 4.21. The highest BCUT2D eigenvalue weighted by Crippen LogP contribution is 2.07. The van der Waals surface area contributed by atoms with Crippen molar-refractivity contribution in [3.63, 3.8) is 0 Å². The van der Waals surface area contributed by atoms with Crippen LogP contribution < -0.4 is 10.6 Å². The Kier molecular flexibility index (Phi) is 12.9. The van der Waals surface area contributed by atoms with Crippen LogP contribution in [0.25, 0.3) is 0 Å². The summed E-state index contributed by atoms with van der Waals surface area (Å²) in [7, 11) is 1.87. The topological polar surface area (TPSA) is 53.6 Å². The Morgan fingerprint density at radius 3 is 2.44 bits per heavy atom. The molecule has 1 aliphatic heterocycles. The van der Waals surface area contributed by atoms with E-state index in [1.54, 1.807) is 0 Å². The van der Waals surface area contributed by atoms with Crippen LogP contribution in [0.2, 0.25) is 0 Å². The van der Waals surface area contributed by atoms with E-state index in [2.05, 4.69) is 27.7 Å². The molecule has 1 saturated heterocycles. The lowest BCUT2D eigenvalue weighted by Crippen LogP contribution is -2.50. The van der Waals surface area contributed by atoms with Gasteiger partial charge in [-0.05, 0) is 19.0 Å². The molecule has 0 saturated carbocycles. The summed E-state index contributed by atoms with van der Waals surface area (Å²) in [5.41, 5.74) is 1.26. The average Bonchev–Trinajstić information content (AvgIpc) is 2.57. The lowest BCUT2D eigenvalue weighted by atomic mass is 10.0. The molecule has 2 N–H and O–H groups in total. The summed E-state index contributed by atoms with van der Waals surface area (Å²) >= 11 is 0. The van der Waals surface area contributed by atoms with Gasteiger partial charge >= 0.3 is 0 Å². The Hall–Kier alpha value is -0.850. The van der Waals surface area contributed by atoms with Gasteiger partial charge in [-0.2, -0.15) is 0 Å². The molecular weight excluding hydrogens is 361 g/mol. The zero-order chi connectivity index (χ0) is 16.5. The first-order valence-electron chi connectivity index (χ1n) is 8.48. The molecule has 1 aromatic carbocycles. The highest BCUT2D eigenvalue weighted by atomic mass is 35.5. The van der Waals surface area contributed by atoms with E-state index in [1.165, 1.54) is 5.56 Å². The molecule has 144 valence electrons. The van der Waals surface area contributed by atoms with Gasteiger partial charge in [0.25, 0.3) is 0 Å². The first kappa shape index (κ1) is 24.1. The number of morpholine rings is 1. The van der Waals surface area contributed by atoms with Crippen molar-refractivity contribution in [2.45, 2.75) is 19.4 Å². The molecule has 25 heavy (non-hydrogen) atoms. The van der Waals surface area contributed by atoms with Crippen LogP contribution in [0.3, 0.4) is 0 Å². The summed E-state index contributed by atoms with van der Waals surface area (Å²) in [5, 5.41) is 6.30. The molecule has 0 spiro atoms. The summed E-state index contributed by atoms with van der Waals surface area (Å²) < 4.78 is 5.41. The fourth-order valence-corrected chi connectivity index (χ4v) is 2.90. The number of rotatable bonds is 8. The van der Waals surface area contributed by atoms with Gasteiger partial charge in [0.05, 0.1) is 13.2 Å². The smallest absolute Gasteiger partial charge is 0.224 e. The number of benzene rings is 1. The molecule has 0 radical (unpaired) electrons. The van der Waals surface area contributed by atoms with E-state index >= 15 is 0 Å². The highest BCUT2D eigenvalue weighted by Gasteiger charge is 2.21. The normalized spacial score (nSPS) is 16.9. The van der Waals surface area contributed by atoms with Crippen LogP contribution in [-0.4, -0.2) is 63.3 Å². The number of nitrogens with zero attached hydrogens (tertiary/aromatic N) is 1. The van der Waals surface area contributed by atoms with Crippen molar-refractivity contribution in [3.8, 4) is 0 Å². The number of nitrogens with one attached hydrogen (secondary N) is 2. The fraction of sp³-hybridized carbons (Fsp3) is 0.611. The predicted molar refractivity (Wildman–Crippen MR) is 107 cm³/mol. The average molecular weight is 392 g/mol. The maximum Gasteiger partial charge on any atom is 0.224 e. The van der Waals surface area contributed by atoms with E-state index in [-0.39, 0.29) is 42.7 Å². The molecule has 1 aromatic rings. The molecular formula is C18H31Cl2N3O2. The second-order valence-corrected chi connectivity index (χ2v) is 6.27. The summed E-state index contributed by atoms with van der Waals surface area (Å²) in [6.07, 6.45) is 0.857. The van der Waals surface area contributed by atoms with Crippen LogP contribution in [0.4, 0.5) is 0 Å². The third kappa shape index (κ3) is 8.88. The lowest BCUT2D eigenvalue weighted by molar-refractivity contribution is -0.125. The second-order valence-electron chi connectivity index (χ2n) is 6.27. The SMILES string of the molecule is CNCC(C)C(=O)NC(Cc1ccccc1)CN1CCOCC1.Cl.Cl. The van der Waals surface area contributed by atoms with Crippen LogP contribution in [0.1, 0.15) is 12.5 Å². The summed E-state index contributed by atoms with van der Waals surface area (Å²) in [5.74, 6) is 0.0940. The van der Waals surface area contributed by atoms with Crippen LogP contribution in [0, 0.1) is 5.92 Å². The zero-order valence-corrected chi connectivity index (χ0v) is 16.7. The maximum absolute atomic E-state index is 12.4. The van der Waals surface area contributed by atoms with Crippen molar-refractivity contribution in [2.75, 3.05) is 46.4 Å². The molecule has 2 atom stereocenters. The van der Waals surface area contributed by atoms with Crippen LogP contribution >= 0.6 is 24.8 Å². The standard InChI is InChI=1S/C18H29N3O2.2ClH/c1-15(13-19-2)18(22)20-17(12-16-6-4-3-5-7-16)14-21-8-10-23-11-9-21;;/h3-7,15,17,19H,8-14H2,1-2H3,(H,20,22);2*1H. The van der Waals surface area contributed by atoms with Gasteiger partial charge in [0, 0.05) is 38.1 Å². The number of carbonyl (C=O) groups is 1. The lowest BCUT2D eigenvalue weighted by Gasteiger charge is -2.31. The Morgan fingerprint density at radius 1 is 1.20 bits per heavy atom. The third-order valence-corrected chi connectivity index (χ3v) is 4.21. The quantitative estimate of drug-likeness (QED) is 0.708. The molecule has 1 heterocycles. The Bertz CT molecular complexity index is 471. The van der Waals surface area contributed by atoms with Gasteiger partial charge in [0.1, 0.15) is 0 Å². The molecule has 1 amide bonds. The molecule has 2 rings (SSSR count). The van der Waals surface area contributed by atoms with Crippen LogP contribution in [0.5, 0.6) is 0 Å². The Balaban J connectivity index is 0.00000288. The molecule has 0 bridgehead atoms. The van der Waals surface area contributed by atoms with E-state index < -0.39 is 0 Å². The number of hydrogen-bond donors (Lipinski definition) is 2. The first-order chi connectivity index (χ1) is 11.2. The first-order valence-corrected chi connectivity index (χ1v) is 8.48. The number of amides is 1. The van der Waals surface area contributed by atoms with Gasteiger partial charge in [-0.15, -0.1) is 24.8 Å². The minimum absolute atomic E-state index is 0. The van der Waals surface area contributed by atoms with Crippen molar-refractivity contribution >= 4 is 30.7 Å². The van der Waals surface area contributed by atoms with E-state index in [0.717, 1.165) is 39.3 Å². The highest BCUT2D eigenvalue weighted by molar-refractivity contribution is 5.85. The molecule has 0 aliphatic carbocycles. The number of ether oxygens (including phenoxy) is 1. The predicted octanol–water partition coefficient (Wildman–Crippen LogP) is 1.75. The van der Waals surface area contributed by atoms with Gasteiger partial charge in [0.2, 0.25) is 5.91 Å². The van der Waals surface area contributed by atoms with Crippen LogP contribution in [-0.2, 0) is 16.0 Å². The molecule has 1 aliphatic rings. The van der Waals surface area contributed by atoms with Crippen LogP contribution in [0.15, 0.2) is 30.3 Å². The minimum atomic E-state index is -0.0250. The Morgan fingerprint density at radius 2 is 1.84 bits per heavy atom. The van der Waals surface area contributed by atoms with E-state index in [0.29, 0.717) is 6.54 Å². The van der Waals surface area contributed by atoms with Gasteiger partial charge in [-0.1, -0.05) is 37.3 Å². The summed E-state index contributed by atoms with van der Waals surface area (Å²) in [4.78, 5) is 14.8. The van der Waals surface area contributed by atoms with Crippen molar-refractivity contribution in [2.24, 2.45) is 5.92 Å². The second kappa shape index (κ2) is 13.4. The largest absolute Gasteiger partial charge is 0.379 e. The Labute approximate surface area is 163 Å². The van der Waals surface area contributed by atoms with Gasteiger partial charge in [0.15, 0.2) is 0 Å².